The van der Waals surface area contributed by atoms with Gasteiger partial charge in [0.2, 0.25) is 0 Å². The van der Waals surface area contributed by atoms with Crippen molar-refractivity contribution in [2.75, 3.05) is 7.11 Å². The maximum Gasteiger partial charge on any atom is 0.328 e. The maximum absolute atomic E-state index is 13.2. The van der Waals surface area contributed by atoms with Crippen molar-refractivity contribution in [1.82, 2.24) is 10.2 Å². The molecule has 1 aliphatic rings. The fourth-order valence-electron chi connectivity index (χ4n) is 3.69. The van der Waals surface area contributed by atoms with Crippen LogP contribution in [0.15, 0.2) is 66.0 Å². The summed E-state index contributed by atoms with van der Waals surface area (Å²) in [6, 6.07) is 17.8. The molecule has 1 aromatic heterocycles. The van der Waals surface area contributed by atoms with E-state index in [9.17, 15) is 14.4 Å². The van der Waals surface area contributed by atoms with Crippen LogP contribution >= 0.6 is 11.3 Å². The quantitative estimate of drug-likeness (QED) is 0.625. The van der Waals surface area contributed by atoms with Gasteiger partial charge in [0.1, 0.15) is 6.04 Å². The Bertz CT molecular complexity index is 1090. The Kier molecular flexibility index (Phi) is 6.13. The Balaban J connectivity index is 1.47. The van der Waals surface area contributed by atoms with Gasteiger partial charge in [-0.15, -0.1) is 11.3 Å². The molecule has 1 N–H and O–H groups in total. The van der Waals surface area contributed by atoms with Crippen molar-refractivity contribution in [2.45, 2.75) is 25.6 Å². The van der Waals surface area contributed by atoms with Crippen LogP contribution in [-0.4, -0.2) is 35.8 Å². The average Bonchev–Trinajstić information content (AvgIpc) is 3.36. The molecule has 1 atom stereocenters. The highest BCUT2D eigenvalue weighted by Gasteiger charge is 2.35. The molecule has 31 heavy (non-hydrogen) atoms. The van der Waals surface area contributed by atoms with Gasteiger partial charge < -0.3 is 15.0 Å². The Hall–Kier alpha value is -3.45. The molecule has 0 radical (unpaired) electrons. The van der Waals surface area contributed by atoms with Gasteiger partial charge in [0.05, 0.1) is 12.0 Å². The molecule has 0 spiro atoms. The lowest BCUT2D eigenvalue weighted by atomic mass is 9.93. The van der Waals surface area contributed by atoms with Gasteiger partial charge in [0.15, 0.2) is 0 Å². The number of carbonyl (C=O) groups is 3. The van der Waals surface area contributed by atoms with Crippen LogP contribution < -0.4 is 5.32 Å². The monoisotopic (exact) mass is 434 g/mol. The highest BCUT2D eigenvalue weighted by atomic mass is 32.1. The minimum Gasteiger partial charge on any atom is -0.467 e. The first-order valence-corrected chi connectivity index (χ1v) is 10.8. The molecule has 7 heteroatoms. The number of methoxy groups -OCH3 is 1. The molecule has 2 amide bonds. The lowest BCUT2D eigenvalue weighted by Gasteiger charge is -2.35. The van der Waals surface area contributed by atoms with E-state index in [2.05, 4.69) is 5.32 Å². The number of thiophene rings is 1. The van der Waals surface area contributed by atoms with Crippen LogP contribution in [-0.2, 0) is 29.0 Å². The number of benzene rings is 2. The molecule has 1 unspecified atom stereocenters. The molecule has 2 aromatic carbocycles. The van der Waals surface area contributed by atoms with Crippen molar-refractivity contribution in [3.8, 4) is 0 Å². The molecular formula is C24H22N2O4S. The number of carbonyl (C=O) groups excluding carboxylic acids is 3. The van der Waals surface area contributed by atoms with Crippen molar-refractivity contribution in [2.24, 2.45) is 0 Å². The van der Waals surface area contributed by atoms with Gasteiger partial charge in [-0.3, -0.25) is 9.59 Å². The maximum atomic E-state index is 13.2. The van der Waals surface area contributed by atoms with Crippen LogP contribution in [0.2, 0.25) is 0 Å². The standard InChI is InChI=1S/C24H22N2O4S/c1-30-24(29)20-13-18-5-2-3-6-19(18)15-26(20)23(28)17-10-8-16(9-11-17)14-25-22(27)21-7-4-12-31-21/h2-12,20H,13-15H2,1H3,(H,25,27). The van der Waals surface area contributed by atoms with E-state index < -0.39 is 12.0 Å². The van der Waals surface area contributed by atoms with Gasteiger partial charge >= 0.3 is 5.97 Å². The van der Waals surface area contributed by atoms with E-state index in [0.717, 1.165) is 16.7 Å². The predicted molar refractivity (Wildman–Crippen MR) is 118 cm³/mol. The number of amides is 2. The summed E-state index contributed by atoms with van der Waals surface area (Å²) in [4.78, 5) is 39.9. The molecule has 2 heterocycles. The molecule has 0 bridgehead atoms. The number of hydrogen-bond acceptors (Lipinski definition) is 5. The van der Waals surface area contributed by atoms with E-state index in [1.807, 2.05) is 47.8 Å². The molecule has 0 saturated heterocycles. The predicted octanol–water partition coefficient (Wildman–Crippen LogP) is 3.42. The molecule has 0 fully saturated rings. The van der Waals surface area contributed by atoms with Gasteiger partial charge in [-0.05, 0) is 40.3 Å². The van der Waals surface area contributed by atoms with Crippen LogP contribution in [0.25, 0.3) is 0 Å². The number of rotatable bonds is 5. The van der Waals surface area contributed by atoms with Crippen molar-refractivity contribution in [3.05, 3.63) is 93.2 Å². The Morgan fingerprint density at radius 3 is 2.45 bits per heavy atom. The zero-order chi connectivity index (χ0) is 21.8. The summed E-state index contributed by atoms with van der Waals surface area (Å²) in [5.74, 6) is -0.766. The second-order valence-corrected chi connectivity index (χ2v) is 8.25. The number of esters is 1. The third-order valence-electron chi connectivity index (χ3n) is 5.38. The summed E-state index contributed by atoms with van der Waals surface area (Å²) in [6.07, 6.45) is 0.432. The van der Waals surface area contributed by atoms with Crippen LogP contribution in [0.3, 0.4) is 0 Å². The van der Waals surface area contributed by atoms with Gasteiger partial charge in [-0.25, -0.2) is 4.79 Å². The van der Waals surface area contributed by atoms with Gasteiger partial charge in [-0.1, -0.05) is 42.5 Å². The smallest absolute Gasteiger partial charge is 0.328 e. The summed E-state index contributed by atoms with van der Waals surface area (Å²) in [5.41, 5.74) is 3.46. The first-order valence-electron chi connectivity index (χ1n) is 9.93. The highest BCUT2D eigenvalue weighted by molar-refractivity contribution is 7.12. The second-order valence-electron chi connectivity index (χ2n) is 7.30. The lowest BCUT2D eigenvalue weighted by Crippen LogP contribution is -2.49. The minimum absolute atomic E-state index is 0.122. The normalized spacial score (nSPS) is 15.1. The molecule has 6 nitrogen and oxygen atoms in total. The lowest BCUT2D eigenvalue weighted by molar-refractivity contribution is -0.146. The van der Waals surface area contributed by atoms with E-state index in [1.165, 1.54) is 18.4 Å². The molecule has 4 rings (SSSR count). The number of nitrogens with one attached hydrogen (secondary N) is 1. The van der Waals surface area contributed by atoms with E-state index >= 15 is 0 Å². The van der Waals surface area contributed by atoms with E-state index in [-0.39, 0.29) is 11.8 Å². The molecule has 1 aliphatic heterocycles. The number of ether oxygens (including phenoxy) is 1. The van der Waals surface area contributed by atoms with E-state index in [1.54, 1.807) is 23.1 Å². The zero-order valence-electron chi connectivity index (χ0n) is 17.0. The van der Waals surface area contributed by atoms with Crippen molar-refractivity contribution < 1.29 is 19.1 Å². The SMILES string of the molecule is COC(=O)C1Cc2ccccc2CN1C(=O)c1ccc(CNC(=O)c2cccs2)cc1. The molecule has 3 aromatic rings. The van der Waals surface area contributed by atoms with Crippen molar-refractivity contribution in [1.29, 1.82) is 0 Å². The molecular weight excluding hydrogens is 412 g/mol. The summed E-state index contributed by atoms with van der Waals surface area (Å²) in [7, 11) is 1.34. The Morgan fingerprint density at radius 2 is 1.77 bits per heavy atom. The largest absolute Gasteiger partial charge is 0.467 e. The summed E-state index contributed by atoms with van der Waals surface area (Å²) < 4.78 is 4.95. The number of hydrogen-bond donors (Lipinski definition) is 1. The first-order chi connectivity index (χ1) is 15.1. The fraction of sp³-hybridized carbons (Fsp3) is 0.208. The number of nitrogens with zero attached hydrogens (tertiary/aromatic N) is 1. The second kappa shape index (κ2) is 9.14. The van der Waals surface area contributed by atoms with Gasteiger partial charge in [0.25, 0.3) is 11.8 Å². The van der Waals surface area contributed by atoms with Crippen molar-refractivity contribution in [3.63, 3.8) is 0 Å². The highest BCUT2D eigenvalue weighted by Crippen LogP contribution is 2.26. The van der Waals surface area contributed by atoms with Crippen molar-refractivity contribution >= 4 is 29.1 Å². The average molecular weight is 435 g/mol. The fourth-order valence-corrected chi connectivity index (χ4v) is 4.33. The van der Waals surface area contributed by atoms with Crippen LogP contribution in [0, 0.1) is 0 Å². The van der Waals surface area contributed by atoms with Crippen LogP contribution in [0.4, 0.5) is 0 Å². The third-order valence-corrected chi connectivity index (χ3v) is 6.25. The topological polar surface area (TPSA) is 75.7 Å². The summed E-state index contributed by atoms with van der Waals surface area (Å²) >= 11 is 1.39. The number of fused-ring (bicyclic) bond motifs is 1. The first kappa shape index (κ1) is 20.8. The zero-order valence-corrected chi connectivity index (χ0v) is 17.9. The van der Waals surface area contributed by atoms with Crippen LogP contribution in [0.5, 0.6) is 0 Å². The molecule has 0 saturated carbocycles. The summed E-state index contributed by atoms with van der Waals surface area (Å²) in [6.45, 7) is 0.723. The molecule has 158 valence electrons. The minimum atomic E-state index is -0.655. The Labute approximate surface area is 184 Å². The third kappa shape index (κ3) is 4.51. The van der Waals surface area contributed by atoms with Crippen LogP contribution in [0.1, 0.15) is 36.7 Å². The van der Waals surface area contributed by atoms with Gasteiger partial charge in [0, 0.05) is 25.1 Å². The summed E-state index contributed by atoms with van der Waals surface area (Å²) in [5, 5.41) is 4.73. The van der Waals surface area contributed by atoms with E-state index in [4.69, 9.17) is 4.74 Å². The van der Waals surface area contributed by atoms with Gasteiger partial charge in [-0.2, -0.15) is 0 Å². The molecule has 0 aliphatic carbocycles. The van der Waals surface area contributed by atoms with E-state index in [0.29, 0.717) is 30.0 Å². The Morgan fingerprint density at radius 1 is 1.03 bits per heavy atom.